The van der Waals surface area contributed by atoms with Crippen LogP contribution in [-0.2, 0) is 27.9 Å². The summed E-state index contributed by atoms with van der Waals surface area (Å²) < 4.78 is 30.4. The highest BCUT2D eigenvalue weighted by atomic mass is 31.2. The maximum Gasteiger partial charge on any atom is 0.306 e. The van der Waals surface area contributed by atoms with Crippen molar-refractivity contribution in [1.29, 1.82) is 0 Å². The zero-order valence-corrected chi connectivity index (χ0v) is 56.7. The minimum absolute atomic E-state index is 0.0264. The van der Waals surface area contributed by atoms with Crippen LogP contribution in [0.4, 0.5) is 0 Å². The smallest absolute Gasteiger partial charge is 0.306 e. The summed E-state index contributed by atoms with van der Waals surface area (Å²) in [5.74, 6) is -0.547. The maximum atomic E-state index is 13.6. The van der Waals surface area contributed by atoms with Crippen LogP contribution in [0.25, 0.3) is 0 Å². The third-order valence-corrected chi connectivity index (χ3v) is 16.5. The third kappa shape index (κ3) is 63.7. The van der Waals surface area contributed by atoms with Gasteiger partial charge < -0.3 is 28.5 Å². The first-order chi connectivity index (χ1) is 40.9. The maximum absolute atomic E-state index is 13.6. The summed E-state index contributed by atoms with van der Waals surface area (Å²) in [5, 5.41) is 3.04. The van der Waals surface area contributed by atoms with E-state index in [0.717, 1.165) is 103 Å². The van der Waals surface area contributed by atoms with Crippen molar-refractivity contribution < 1.29 is 37.3 Å². The van der Waals surface area contributed by atoms with Crippen LogP contribution in [0.3, 0.4) is 0 Å². The zero-order valence-electron chi connectivity index (χ0n) is 55.8. The summed E-state index contributed by atoms with van der Waals surface area (Å²) in [4.78, 5) is 40.2. The van der Waals surface area contributed by atoms with Gasteiger partial charge in [-0.2, -0.15) is 0 Å². The minimum atomic E-state index is -4.71. The van der Waals surface area contributed by atoms with Gasteiger partial charge in [0, 0.05) is 12.8 Å². The number of likely N-dealkylation sites (N-methyl/N-ethyl adjacent to an activating group) is 1. The number of hydrogen-bond acceptors (Lipinski definition) is 7. The van der Waals surface area contributed by atoms with E-state index in [1.807, 2.05) is 33.3 Å². The summed E-state index contributed by atoms with van der Waals surface area (Å²) >= 11 is 0. The molecule has 0 aliphatic rings. The molecule has 0 aromatic heterocycles. The molecule has 0 aromatic rings. The lowest BCUT2D eigenvalue weighted by atomic mass is 10.0. The van der Waals surface area contributed by atoms with E-state index in [1.165, 1.54) is 186 Å². The number of carbonyl (C=O) groups excluding carboxylic acids is 2. The van der Waals surface area contributed by atoms with Crippen LogP contribution >= 0.6 is 7.82 Å². The lowest BCUT2D eigenvalue weighted by molar-refractivity contribution is -0.870. The Morgan fingerprint density at radius 1 is 0.429 bits per heavy atom. The molecule has 488 valence electrons. The predicted octanol–water partition coefficient (Wildman–Crippen LogP) is 21.9. The SMILES string of the molecule is CC/C=C\C/C=C\C/C=C\C/C=C\C/C=C\CCCCCCCCCC(=O)OC(/C=C/CCCCCCCCCCCC)C(COP(=O)([O-])OCC[N+](C)(C)C)NC(=O)CCCCCCCCCCCCCCC/C=C/CCCCCCCC. The van der Waals surface area contributed by atoms with E-state index in [0.29, 0.717) is 17.4 Å². The average Bonchev–Trinajstić information content (AvgIpc) is 3.65. The van der Waals surface area contributed by atoms with Gasteiger partial charge in [0.15, 0.2) is 0 Å². The van der Waals surface area contributed by atoms with Crippen molar-refractivity contribution in [3.8, 4) is 0 Å². The predicted molar refractivity (Wildman–Crippen MR) is 362 cm³/mol. The number of amides is 1. The number of unbranched alkanes of at least 4 members (excludes halogenated alkanes) is 36. The number of nitrogens with one attached hydrogen (secondary N) is 1. The van der Waals surface area contributed by atoms with Gasteiger partial charge in [0.1, 0.15) is 19.3 Å². The third-order valence-electron chi connectivity index (χ3n) is 15.6. The van der Waals surface area contributed by atoms with Crippen LogP contribution in [0.15, 0.2) is 85.1 Å². The molecule has 0 spiro atoms. The van der Waals surface area contributed by atoms with Gasteiger partial charge in [-0.15, -0.1) is 0 Å². The van der Waals surface area contributed by atoms with Crippen LogP contribution < -0.4 is 10.2 Å². The first-order valence-corrected chi connectivity index (χ1v) is 36.9. The highest BCUT2D eigenvalue weighted by Crippen LogP contribution is 2.38. The van der Waals surface area contributed by atoms with Crippen LogP contribution in [0.5, 0.6) is 0 Å². The number of nitrogens with zero attached hydrogens (tertiary/aromatic N) is 1. The number of phosphoric ester groups is 1. The number of rotatable bonds is 64. The molecular formula is C74H135N2O7P. The van der Waals surface area contributed by atoms with Gasteiger partial charge in [-0.25, -0.2) is 0 Å². The van der Waals surface area contributed by atoms with Crippen molar-refractivity contribution in [2.75, 3.05) is 40.9 Å². The lowest BCUT2D eigenvalue weighted by Crippen LogP contribution is -2.47. The van der Waals surface area contributed by atoms with Gasteiger partial charge in [0.05, 0.1) is 33.8 Å². The fraction of sp³-hybridized carbons (Fsp3) is 0.784. The number of ether oxygens (including phenoxy) is 1. The molecule has 1 N–H and O–H groups in total. The Hall–Kier alpha value is -2.81. The van der Waals surface area contributed by atoms with Gasteiger partial charge >= 0.3 is 5.97 Å². The molecule has 84 heavy (non-hydrogen) atoms. The Kier molecular flexibility index (Phi) is 61.1. The average molecular weight is 1200 g/mol. The summed E-state index contributed by atoms with van der Waals surface area (Å²) in [6.07, 6.45) is 84.2. The fourth-order valence-corrected chi connectivity index (χ4v) is 10.9. The van der Waals surface area contributed by atoms with E-state index in [-0.39, 0.29) is 24.9 Å². The number of esters is 1. The summed E-state index contributed by atoms with van der Waals surface area (Å²) in [7, 11) is 1.18. The van der Waals surface area contributed by atoms with Gasteiger partial charge in [-0.3, -0.25) is 14.2 Å². The highest BCUT2D eigenvalue weighted by molar-refractivity contribution is 7.45. The molecule has 0 radical (unpaired) electrons. The van der Waals surface area contributed by atoms with Crippen molar-refractivity contribution in [2.24, 2.45) is 0 Å². The molecular weight excluding hydrogens is 1060 g/mol. The molecule has 1 amide bonds. The number of allylic oxidation sites excluding steroid dienone is 13. The molecule has 0 heterocycles. The molecule has 0 rings (SSSR count). The summed E-state index contributed by atoms with van der Waals surface area (Å²) in [5.41, 5.74) is 0. The molecule has 0 aromatic carbocycles. The second-order valence-electron chi connectivity index (χ2n) is 25.0. The van der Waals surface area contributed by atoms with Crippen molar-refractivity contribution >= 4 is 19.7 Å². The zero-order chi connectivity index (χ0) is 61.4. The molecule has 3 unspecified atom stereocenters. The molecule has 0 aliphatic heterocycles. The van der Waals surface area contributed by atoms with Gasteiger partial charge in [-0.1, -0.05) is 292 Å². The van der Waals surface area contributed by atoms with E-state index in [1.54, 1.807) is 0 Å². The fourth-order valence-electron chi connectivity index (χ4n) is 10.1. The monoisotopic (exact) mass is 1200 g/mol. The molecule has 0 bridgehead atoms. The molecule has 3 atom stereocenters. The largest absolute Gasteiger partial charge is 0.756 e. The Morgan fingerprint density at radius 3 is 1.15 bits per heavy atom. The van der Waals surface area contributed by atoms with Crippen molar-refractivity contribution in [2.45, 2.75) is 335 Å². The number of phosphoric acid groups is 1. The van der Waals surface area contributed by atoms with Crippen LogP contribution in [0, 0.1) is 0 Å². The lowest BCUT2D eigenvalue weighted by Gasteiger charge is -2.30. The van der Waals surface area contributed by atoms with E-state index >= 15 is 0 Å². The van der Waals surface area contributed by atoms with E-state index in [2.05, 4.69) is 99.0 Å². The highest BCUT2D eigenvalue weighted by Gasteiger charge is 2.27. The summed E-state index contributed by atoms with van der Waals surface area (Å²) in [6.45, 7) is 6.75. The number of hydrogen-bond donors (Lipinski definition) is 1. The van der Waals surface area contributed by atoms with Crippen LogP contribution in [-0.4, -0.2) is 69.4 Å². The topological polar surface area (TPSA) is 114 Å². The van der Waals surface area contributed by atoms with Gasteiger partial charge in [0.25, 0.3) is 7.82 Å². The molecule has 0 saturated carbocycles. The minimum Gasteiger partial charge on any atom is -0.756 e. The van der Waals surface area contributed by atoms with Gasteiger partial charge in [0.2, 0.25) is 5.91 Å². The van der Waals surface area contributed by atoms with Gasteiger partial charge in [-0.05, 0) is 102 Å². The van der Waals surface area contributed by atoms with Crippen LogP contribution in [0.1, 0.15) is 323 Å². The number of quaternary nitrogens is 1. The normalized spacial score (nSPS) is 14.0. The van der Waals surface area contributed by atoms with E-state index in [4.69, 9.17) is 13.8 Å². The first-order valence-electron chi connectivity index (χ1n) is 35.4. The molecule has 10 heteroatoms. The standard InChI is InChI=1S/C74H135N2O7P/c1-7-10-13-16-19-22-25-28-30-32-34-36-38-40-42-44-46-48-51-54-57-60-63-66-73(77)75-71(70-82-84(79,80)81-69-68-76(4,5)6)72(65-62-59-56-53-50-27-24-21-18-15-12-9-3)83-74(78)67-64-61-58-55-52-49-47-45-43-41-39-37-35-33-31-29-26-23-20-17-14-11-8-2/h11,14,20,23,28-31,35,37,41,43,62,65,71-72H,7-10,12-13,15-19,21-22,24-27,32-34,36,38-40,42,44-61,63-64,66-70H2,1-6H3,(H-,75,77,79,80)/b14-11-,23-20-,30-28+,31-29-,37-35-,43-41-,65-62+. The Labute approximate surface area is 520 Å². The van der Waals surface area contributed by atoms with Crippen molar-refractivity contribution in [1.82, 2.24) is 5.32 Å². The quantitative estimate of drug-likeness (QED) is 0.0212. The van der Waals surface area contributed by atoms with Crippen LogP contribution in [0.2, 0.25) is 0 Å². The summed E-state index contributed by atoms with van der Waals surface area (Å²) in [6, 6.07) is -0.897. The van der Waals surface area contributed by atoms with E-state index in [9.17, 15) is 19.0 Å². The molecule has 0 fully saturated rings. The Morgan fingerprint density at radius 2 is 0.762 bits per heavy atom. The van der Waals surface area contributed by atoms with Crippen molar-refractivity contribution in [3.63, 3.8) is 0 Å². The molecule has 9 nitrogen and oxygen atoms in total. The molecule has 0 aliphatic carbocycles. The molecule has 0 saturated heterocycles. The van der Waals surface area contributed by atoms with Crippen molar-refractivity contribution in [3.05, 3.63) is 85.1 Å². The number of carbonyl (C=O) groups is 2. The Balaban J connectivity index is 5.10. The first kappa shape index (κ1) is 81.2. The second kappa shape index (κ2) is 63.2. The Bertz CT molecular complexity index is 1710. The van der Waals surface area contributed by atoms with E-state index < -0.39 is 26.6 Å². The second-order valence-corrected chi connectivity index (χ2v) is 26.4.